The average molecular weight is 454 g/mol. The maximum Gasteiger partial charge on any atom is 0.235 e. The van der Waals surface area contributed by atoms with Gasteiger partial charge in [-0.1, -0.05) is 34.1 Å². The lowest BCUT2D eigenvalue weighted by molar-refractivity contribution is 0.104. The molecule has 0 fully saturated rings. The average Bonchev–Trinajstić information content (AvgIpc) is 2.66. The highest BCUT2D eigenvalue weighted by molar-refractivity contribution is 9.11. The van der Waals surface area contributed by atoms with E-state index in [0.29, 0.717) is 11.1 Å². The first-order valence-electron chi connectivity index (χ1n) is 7.10. The van der Waals surface area contributed by atoms with Crippen molar-refractivity contribution in [3.63, 3.8) is 0 Å². The zero-order chi connectivity index (χ0) is 17.7. The van der Waals surface area contributed by atoms with Crippen LogP contribution in [0.25, 0.3) is 6.08 Å². The van der Waals surface area contributed by atoms with Crippen molar-refractivity contribution >= 4 is 43.7 Å². The Morgan fingerprint density at radius 2 is 1.88 bits per heavy atom. The van der Waals surface area contributed by atoms with E-state index in [1.165, 1.54) is 18.2 Å². The molecule has 0 aliphatic heterocycles. The molecule has 124 valence electrons. The van der Waals surface area contributed by atoms with Gasteiger partial charge in [0.05, 0.1) is 16.6 Å². The van der Waals surface area contributed by atoms with Crippen molar-refractivity contribution in [2.75, 3.05) is 6.61 Å². The van der Waals surface area contributed by atoms with Gasteiger partial charge in [0.1, 0.15) is 5.75 Å². The minimum atomic E-state index is -0.640. The van der Waals surface area contributed by atoms with Gasteiger partial charge in [-0.05, 0) is 58.8 Å². The van der Waals surface area contributed by atoms with E-state index in [2.05, 4.69) is 31.9 Å². The Balaban J connectivity index is 2.30. The van der Waals surface area contributed by atoms with Gasteiger partial charge in [0.15, 0.2) is 11.5 Å². The molecule has 24 heavy (non-hydrogen) atoms. The standard InChI is InChI=1S/C18H14Br2O4/c1-2-24-13-6-3-11(4-7-13)5-8-16(21)14-9-12(19)10-15(20)18(23)17(14)22/h3-10H,2H2,1H3,(H,22,23). The number of halogens is 2. The van der Waals surface area contributed by atoms with Crippen molar-refractivity contribution in [3.05, 3.63) is 72.8 Å². The molecule has 0 saturated carbocycles. The van der Waals surface area contributed by atoms with Gasteiger partial charge in [-0.15, -0.1) is 0 Å². The molecule has 0 radical (unpaired) electrons. The molecule has 6 heteroatoms. The van der Waals surface area contributed by atoms with Crippen molar-refractivity contribution < 1.29 is 14.6 Å². The van der Waals surface area contributed by atoms with Crippen LogP contribution in [-0.2, 0) is 0 Å². The fourth-order valence-corrected chi connectivity index (χ4v) is 3.16. The number of rotatable bonds is 5. The first-order valence-corrected chi connectivity index (χ1v) is 8.68. The van der Waals surface area contributed by atoms with Gasteiger partial charge < -0.3 is 9.84 Å². The summed E-state index contributed by atoms with van der Waals surface area (Å²) in [5.74, 6) is -0.310. The molecule has 0 bridgehead atoms. The minimum absolute atomic E-state index is 0.0697. The van der Waals surface area contributed by atoms with Gasteiger partial charge in [-0.25, -0.2) is 0 Å². The largest absolute Gasteiger partial charge is 0.504 e. The van der Waals surface area contributed by atoms with Crippen LogP contribution in [0.1, 0.15) is 22.8 Å². The molecule has 0 aliphatic rings. The number of carbonyl (C=O) groups is 1. The summed E-state index contributed by atoms with van der Waals surface area (Å²) in [6.07, 6.45) is 2.92. The Morgan fingerprint density at radius 3 is 2.50 bits per heavy atom. The summed E-state index contributed by atoms with van der Waals surface area (Å²) in [6, 6.07) is 10.1. The van der Waals surface area contributed by atoms with Crippen LogP contribution in [0.5, 0.6) is 11.5 Å². The quantitative estimate of drug-likeness (QED) is 0.531. The third kappa shape index (κ3) is 4.55. The normalized spacial score (nSPS) is 10.8. The van der Waals surface area contributed by atoms with E-state index in [-0.39, 0.29) is 10.0 Å². The predicted molar refractivity (Wildman–Crippen MR) is 101 cm³/mol. The number of hydrogen-bond acceptors (Lipinski definition) is 4. The molecule has 2 aromatic carbocycles. The highest BCUT2D eigenvalue weighted by Gasteiger charge is 2.13. The summed E-state index contributed by atoms with van der Waals surface area (Å²) in [7, 11) is 0. The van der Waals surface area contributed by atoms with E-state index >= 15 is 0 Å². The van der Waals surface area contributed by atoms with Crippen molar-refractivity contribution in [1.29, 1.82) is 0 Å². The second kappa shape index (κ2) is 8.26. The lowest BCUT2D eigenvalue weighted by Crippen LogP contribution is -2.03. The Labute approximate surface area is 156 Å². The van der Waals surface area contributed by atoms with E-state index in [4.69, 9.17) is 4.74 Å². The molecule has 1 N–H and O–H groups in total. The van der Waals surface area contributed by atoms with Crippen LogP contribution in [-0.4, -0.2) is 17.5 Å². The molecule has 0 saturated heterocycles. The highest BCUT2D eigenvalue weighted by atomic mass is 79.9. The predicted octanol–water partition coefficient (Wildman–Crippen LogP) is 4.57. The summed E-state index contributed by atoms with van der Waals surface area (Å²) < 4.78 is 6.02. The van der Waals surface area contributed by atoms with Gasteiger partial charge in [0, 0.05) is 4.47 Å². The molecule has 0 amide bonds. The first kappa shape index (κ1) is 18.4. The first-order chi connectivity index (χ1) is 11.4. The summed E-state index contributed by atoms with van der Waals surface area (Å²) in [5.41, 5.74) is 0.0903. The number of hydrogen-bond donors (Lipinski definition) is 1. The molecule has 4 nitrogen and oxygen atoms in total. The molecule has 0 aromatic heterocycles. The van der Waals surface area contributed by atoms with Crippen molar-refractivity contribution in [2.24, 2.45) is 0 Å². The van der Waals surface area contributed by atoms with Crippen LogP contribution < -0.4 is 10.2 Å². The topological polar surface area (TPSA) is 63.6 Å². The Kier molecular flexibility index (Phi) is 6.34. The molecule has 2 aromatic rings. The van der Waals surface area contributed by atoms with Gasteiger partial charge in [-0.3, -0.25) is 9.59 Å². The number of ketones is 1. The third-order valence-corrected chi connectivity index (χ3v) is 4.16. The van der Waals surface area contributed by atoms with Crippen LogP contribution in [0.3, 0.4) is 0 Å². The van der Waals surface area contributed by atoms with Crippen molar-refractivity contribution in [2.45, 2.75) is 6.92 Å². The van der Waals surface area contributed by atoms with Gasteiger partial charge in [-0.2, -0.15) is 0 Å². The summed E-state index contributed by atoms with van der Waals surface area (Å²) in [4.78, 5) is 24.2. The number of aromatic hydroxyl groups is 1. The Morgan fingerprint density at radius 1 is 1.21 bits per heavy atom. The molecule has 0 heterocycles. The summed E-state index contributed by atoms with van der Waals surface area (Å²) >= 11 is 6.29. The van der Waals surface area contributed by atoms with Crippen LogP contribution >= 0.6 is 31.9 Å². The molecular weight excluding hydrogens is 440 g/mol. The monoisotopic (exact) mass is 452 g/mol. The number of carbonyl (C=O) groups excluding carboxylic acids is 1. The Hall–Kier alpha value is -1.92. The number of allylic oxidation sites excluding steroid dienone is 1. The second-order valence-electron chi connectivity index (χ2n) is 4.81. The van der Waals surface area contributed by atoms with Crippen LogP contribution in [0.2, 0.25) is 0 Å². The zero-order valence-electron chi connectivity index (χ0n) is 12.8. The van der Waals surface area contributed by atoms with Crippen LogP contribution in [0.4, 0.5) is 0 Å². The van der Waals surface area contributed by atoms with Crippen molar-refractivity contribution in [1.82, 2.24) is 0 Å². The van der Waals surface area contributed by atoms with E-state index in [0.717, 1.165) is 11.3 Å². The van der Waals surface area contributed by atoms with Gasteiger partial charge in [0.2, 0.25) is 5.43 Å². The highest BCUT2D eigenvalue weighted by Crippen LogP contribution is 2.22. The van der Waals surface area contributed by atoms with Crippen molar-refractivity contribution in [3.8, 4) is 11.5 Å². The number of benzene rings is 1. The Bertz CT molecular complexity index is 843. The maximum absolute atomic E-state index is 12.3. The molecular formula is C18H14Br2O4. The minimum Gasteiger partial charge on any atom is -0.504 e. The van der Waals surface area contributed by atoms with E-state index in [1.807, 2.05) is 19.1 Å². The van der Waals surface area contributed by atoms with Crippen LogP contribution in [0, 0.1) is 0 Å². The summed E-state index contributed by atoms with van der Waals surface area (Å²) in [6.45, 7) is 2.49. The molecule has 0 unspecified atom stereocenters. The van der Waals surface area contributed by atoms with Gasteiger partial charge >= 0.3 is 0 Å². The SMILES string of the molecule is CCOc1ccc(C=CC(=O)c2cc(Br)cc(Br)c(=O)c2O)cc1. The smallest absolute Gasteiger partial charge is 0.235 e. The molecule has 0 aliphatic carbocycles. The molecule has 0 atom stereocenters. The second-order valence-corrected chi connectivity index (χ2v) is 6.58. The lowest BCUT2D eigenvalue weighted by Gasteiger charge is -2.02. The van der Waals surface area contributed by atoms with E-state index < -0.39 is 17.0 Å². The van der Waals surface area contributed by atoms with E-state index in [1.54, 1.807) is 18.2 Å². The third-order valence-electron chi connectivity index (χ3n) is 3.12. The van der Waals surface area contributed by atoms with E-state index in [9.17, 15) is 14.7 Å². The fraction of sp³-hybridized carbons (Fsp3) is 0.111. The summed E-state index contributed by atoms with van der Waals surface area (Å²) in [5, 5.41) is 9.99. The maximum atomic E-state index is 12.3. The zero-order valence-corrected chi connectivity index (χ0v) is 15.9. The lowest BCUT2D eigenvalue weighted by atomic mass is 10.1. The van der Waals surface area contributed by atoms with Crippen LogP contribution in [0.15, 0.2) is 56.2 Å². The molecule has 2 rings (SSSR count). The molecule has 0 spiro atoms. The fourth-order valence-electron chi connectivity index (χ4n) is 1.96. The number of ether oxygens (including phenoxy) is 1. The van der Waals surface area contributed by atoms with Gasteiger partial charge in [0.25, 0.3) is 0 Å².